The van der Waals surface area contributed by atoms with Crippen LogP contribution in [0.1, 0.15) is 19.8 Å². The number of nitrogens with two attached hydrogens (primary N) is 1. The van der Waals surface area contributed by atoms with Crippen LogP contribution in [0.15, 0.2) is 0 Å². The monoisotopic (exact) mass is 209 g/mol. The maximum absolute atomic E-state index is 5.23. The number of hydrogen-bond donors (Lipinski definition) is 1. The Bertz CT molecular complexity index is 91.1. The van der Waals surface area contributed by atoms with Crippen molar-refractivity contribution in [3.05, 3.63) is 0 Å². The predicted octanol–water partition coefficient (Wildman–Crippen LogP) is 1.24. The predicted molar refractivity (Wildman–Crippen MR) is 56.6 cm³/mol. The second-order valence-corrected chi connectivity index (χ2v) is 5.49. The third-order valence-electron chi connectivity index (χ3n) is 1.77. The lowest BCUT2D eigenvalue weighted by molar-refractivity contribution is 0.123. The van der Waals surface area contributed by atoms with Gasteiger partial charge in [-0.2, -0.15) is 0 Å². The Kier molecular flexibility index (Phi) is 12.1. The molecule has 0 bridgehead atoms. The molecule has 0 spiro atoms. The molecule has 0 fully saturated rings. The SMILES string of the molecule is CCCC[Si](OC)(OC)OC.CN. The first-order chi connectivity index (χ1) is 6.24. The molecule has 5 heteroatoms. The summed E-state index contributed by atoms with van der Waals surface area (Å²) in [6.45, 7) is 2.14. The molecular formula is C8H23NO3Si. The highest BCUT2D eigenvalue weighted by Gasteiger charge is 2.36. The summed E-state index contributed by atoms with van der Waals surface area (Å²) >= 11 is 0. The van der Waals surface area contributed by atoms with Gasteiger partial charge < -0.3 is 19.0 Å². The zero-order valence-electron chi connectivity index (χ0n) is 9.42. The molecule has 0 amide bonds. The van der Waals surface area contributed by atoms with Gasteiger partial charge in [0.25, 0.3) is 0 Å². The van der Waals surface area contributed by atoms with Gasteiger partial charge in [-0.1, -0.05) is 13.3 Å². The molecule has 0 rings (SSSR count). The summed E-state index contributed by atoms with van der Waals surface area (Å²) < 4.78 is 15.7. The van der Waals surface area contributed by atoms with Crippen LogP contribution < -0.4 is 5.73 Å². The van der Waals surface area contributed by atoms with E-state index in [1.165, 1.54) is 7.05 Å². The highest BCUT2D eigenvalue weighted by atomic mass is 28.4. The van der Waals surface area contributed by atoms with Crippen molar-refractivity contribution in [1.29, 1.82) is 0 Å². The maximum Gasteiger partial charge on any atom is 0.500 e. The average Bonchev–Trinajstić information content (AvgIpc) is 2.24. The normalized spacial score (nSPS) is 10.6. The highest BCUT2D eigenvalue weighted by molar-refractivity contribution is 6.60. The second-order valence-electron chi connectivity index (χ2n) is 2.40. The summed E-state index contributed by atoms with van der Waals surface area (Å²) in [5.41, 5.74) is 4.50. The number of hydrogen-bond acceptors (Lipinski definition) is 4. The molecule has 0 saturated carbocycles. The topological polar surface area (TPSA) is 53.7 Å². The minimum Gasteiger partial charge on any atom is -0.377 e. The summed E-state index contributed by atoms with van der Waals surface area (Å²) in [6.07, 6.45) is 2.24. The Balaban J connectivity index is 0. The van der Waals surface area contributed by atoms with Gasteiger partial charge in [0, 0.05) is 27.4 Å². The molecule has 0 aromatic heterocycles. The third-order valence-corrected chi connectivity index (χ3v) is 4.60. The number of unbranched alkanes of at least 4 members (excludes halogenated alkanes) is 1. The first-order valence-corrected chi connectivity index (χ1v) is 6.41. The lowest BCUT2D eigenvalue weighted by Crippen LogP contribution is -2.42. The third kappa shape index (κ3) is 6.17. The van der Waals surface area contributed by atoms with Crippen molar-refractivity contribution < 1.29 is 13.3 Å². The van der Waals surface area contributed by atoms with Crippen LogP contribution in [0, 0.1) is 0 Å². The van der Waals surface area contributed by atoms with Crippen molar-refractivity contribution in [2.24, 2.45) is 5.73 Å². The molecule has 2 N–H and O–H groups in total. The molecule has 0 unspecified atom stereocenters. The van der Waals surface area contributed by atoms with Gasteiger partial charge >= 0.3 is 8.80 Å². The molecule has 4 nitrogen and oxygen atoms in total. The Labute approximate surface area is 82.7 Å². The van der Waals surface area contributed by atoms with Gasteiger partial charge in [-0.25, -0.2) is 0 Å². The highest BCUT2D eigenvalue weighted by Crippen LogP contribution is 2.15. The Morgan fingerprint density at radius 2 is 1.38 bits per heavy atom. The first-order valence-electron chi connectivity index (χ1n) is 4.48. The second kappa shape index (κ2) is 10.1. The van der Waals surface area contributed by atoms with Gasteiger partial charge in [0.1, 0.15) is 0 Å². The van der Waals surface area contributed by atoms with E-state index in [2.05, 4.69) is 12.7 Å². The molecule has 0 saturated heterocycles. The van der Waals surface area contributed by atoms with E-state index in [0.717, 1.165) is 18.9 Å². The van der Waals surface area contributed by atoms with E-state index in [4.69, 9.17) is 13.3 Å². The van der Waals surface area contributed by atoms with E-state index in [-0.39, 0.29) is 0 Å². The van der Waals surface area contributed by atoms with Crippen LogP contribution in [-0.2, 0) is 13.3 Å². The van der Waals surface area contributed by atoms with Crippen molar-refractivity contribution in [2.75, 3.05) is 28.4 Å². The van der Waals surface area contributed by atoms with E-state index >= 15 is 0 Å². The first kappa shape index (κ1) is 15.5. The van der Waals surface area contributed by atoms with Crippen molar-refractivity contribution in [1.82, 2.24) is 0 Å². The molecule has 0 aliphatic rings. The van der Waals surface area contributed by atoms with Gasteiger partial charge in [0.15, 0.2) is 0 Å². The van der Waals surface area contributed by atoms with Crippen LogP contribution in [0.3, 0.4) is 0 Å². The summed E-state index contributed by atoms with van der Waals surface area (Å²) in [4.78, 5) is 0. The molecule has 82 valence electrons. The Morgan fingerprint density at radius 1 is 1.00 bits per heavy atom. The smallest absolute Gasteiger partial charge is 0.377 e. The van der Waals surface area contributed by atoms with E-state index < -0.39 is 8.80 Å². The minimum atomic E-state index is -2.24. The van der Waals surface area contributed by atoms with Gasteiger partial charge in [-0.05, 0) is 13.5 Å². The summed E-state index contributed by atoms with van der Waals surface area (Å²) in [5.74, 6) is 0. The molecule has 0 heterocycles. The van der Waals surface area contributed by atoms with Crippen molar-refractivity contribution in [3.8, 4) is 0 Å². The minimum absolute atomic E-state index is 0.910. The van der Waals surface area contributed by atoms with Gasteiger partial charge in [0.2, 0.25) is 0 Å². The largest absolute Gasteiger partial charge is 0.500 e. The van der Waals surface area contributed by atoms with Crippen molar-refractivity contribution in [3.63, 3.8) is 0 Å². The van der Waals surface area contributed by atoms with E-state index in [9.17, 15) is 0 Å². The average molecular weight is 209 g/mol. The van der Waals surface area contributed by atoms with Crippen molar-refractivity contribution >= 4 is 8.80 Å². The molecule has 13 heavy (non-hydrogen) atoms. The summed E-state index contributed by atoms with van der Waals surface area (Å²) in [6, 6.07) is 0.910. The van der Waals surface area contributed by atoms with E-state index in [0.29, 0.717) is 0 Å². The van der Waals surface area contributed by atoms with Crippen LogP contribution in [0.5, 0.6) is 0 Å². The van der Waals surface area contributed by atoms with Crippen LogP contribution in [-0.4, -0.2) is 37.2 Å². The zero-order valence-corrected chi connectivity index (χ0v) is 10.4. The maximum atomic E-state index is 5.23. The van der Waals surface area contributed by atoms with Gasteiger partial charge in [-0.15, -0.1) is 0 Å². The molecule has 0 aromatic carbocycles. The number of rotatable bonds is 6. The fraction of sp³-hybridized carbons (Fsp3) is 1.00. The van der Waals surface area contributed by atoms with Gasteiger partial charge in [-0.3, -0.25) is 0 Å². The molecule has 0 atom stereocenters. The molecule has 0 aliphatic carbocycles. The quantitative estimate of drug-likeness (QED) is 0.669. The zero-order chi connectivity index (χ0) is 10.7. The van der Waals surface area contributed by atoms with Gasteiger partial charge in [0.05, 0.1) is 0 Å². The van der Waals surface area contributed by atoms with Crippen LogP contribution in [0.2, 0.25) is 6.04 Å². The van der Waals surface area contributed by atoms with E-state index in [1.807, 2.05) is 0 Å². The lowest BCUT2D eigenvalue weighted by atomic mass is 10.4. The fourth-order valence-corrected chi connectivity index (χ4v) is 2.85. The molecule has 0 aromatic rings. The standard InChI is InChI=1S/C7H18O3Si.CH5N/c1-5-6-7-11(8-2,9-3)10-4;1-2/h5-7H2,1-4H3;2H2,1H3. The molecule has 0 radical (unpaired) electrons. The lowest BCUT2D eigenvalue weighted by Gasteiger charge is -2.23. The van der Waals surface area contributed by atoms with Crippen molar-refractivity contribution in [2.45, 2.75) is 25.8 Å². The van der Waals surface area contributed by atoms with Crippen LogP contribution >= 0.6 is 0 Å². The summed E-state index contributed by atoms with van der Waals surface area (Å²) in [7, 11) is 4.20. The van der Waals surface area contributed by atoms with E-state index in [1.54, 1.807) is 21.3 Å². The molecular weight excluding hydrogens is 186 g/mol. The van der Waals surface area contributed by atoms with Crippen LogP contribution in [0.4, 0.5) is 0 Å². The van der Waals surface area contributed by atoms with Crippen LogP contribution in [0.25, 0.3) is 0 Å². The Morgan fingerprint density at radius 3 is 1.62 bits per heavy atom. The fourth-order valence-electron chi connectivity index (χ4n) is 0.949. The Hall–Kier alpha value is 0.0569. The summed E-state index contributed by atoms with van der Waals surface area (Å²) in [5, 5.41) is 0. The molecule has 0 aliphatic heterocycles.